The van der Waals surface area contributed by atoms with Crippen molar-refractivity contribution in [3.05, 3.63) is 28.2 Å². The van der Waals surface area contributed by atoms with Gasteiger partial charge in [-0.2, -0.15) is 0 Å². The molecule has 0 radical (unpaired) electrons. The van der Waals surface area contributed by atoms with Crippen LogP contribution in [0.15, 0.2) is 22.7 Å². The minimum absolute atomic E-state index is 0.420. The monoisotopic (exact) mass is 242 g/mol. The Morgan fingerprint density at radius 1 is 1.62 bits per heavy atom. The van der Waals surface area contributed by atoms with Gasteiger partial charge in [0.2, 0.25) is 0 Å². The van der Waals surface area contributed by atoms with Gasteiger partial charge in [0.1, 0.15) is 5.75 Å². The molecule has 2 rings (SSSR count). The van der Waals surface area contributed by atoms with Crippen LogP contribution in [0.3, 0.4) is 0 Å². The van der Waals surface area contributed by atoms with E-state index in [9.17, 15) is 0 Å². The molecule has 0 aromatic heterocycles. The quantitative estimate of drug-likeness (QED) is 0.760. The van der Waals surface area contributed by atoms with Gasteiger partial charge in [0.15, 0.2) is 0 Å². The predicted octanol–water partition coefficient (Wildman–Crippen LogP) is 2.40. The van der Waals surface area contributed by atoms with Gasteiger partial charge in [0.05, 0.1) is 24.3 Å². The molecule has 0 spiro atoms. The zero-order chi connectivity index (χ0) is 9.26. The molecule has 70 valence electrons. The van der Waals surface area contributed by atoms with E-state index >= 15 is 0 Å². The Morgan fingerprint density at radius 3 is 3.00 bits per heavy atom. The molecular formula is C10H11BrO2. The molecule has 3 heteroatoms. The lowest BCUT2D eigenvalue weighted by molar-refractivity contribution is 0.402. The molecule has 1 heterocycles. The van der Waals surface area contributed by atoms with Crippen LogP contribution in [0.2, 0.25) is 0 Å². The Hall–Kier alpha value is -0.540. The van der Waals surface area contributed by atoms with E-state index in [0.717, 1.165) is 23.2 Å². The lowest BCUT2D eigenvalue weighted by Crippen LogP contribution is -1.95. The lowest BCUT2D eigenvalue weighted by atomic mass is 10.1. The maximum Gasteiger partial charge on any atom is 0.133 e. The predicted molar refractivity (Wildman–Crippen MR) is 54.1 cm³/mol. The molecule has 1 aromatic rings. The van der Waals surface area contributed by atoms with Gasteiger partial charge in [-0.3, -0.25) is 0 Å². The minimum atomic E-state index is 0.420. The van der Waals surface area contributed by atoms with Gasteiger partial charge in [-0.25, -0.2) is 0 Å². The number of benzene rings is 1. The second kappa shape index (κ2) is 3.68. The smallest absolute Gasteiger partial charge is 0.133 e. The van der Waals surface area contributed by atoms with Crippen molar-refractivity contribution in [1.82, 2.24) is 0 Å². The molecule has 1 aliphatic rings. The molecule has 1 unspecified atom stereocenters. The second-order valence-corrected chi connectivity index (χ2v) is 3.89. The van der Waals surface area contributed by atoms with Gasteiger partial charge in [0.25, 0.3) is 0 Å². The largest absolute Gasteiger partial charge is 0.496 e. The maximum atomic E-state index is 5.20. The fraction of sp³-hybridized carbons (Fsp3) is 0.400. The van der Waals surface area contributed by atoms with E-state index < -0.39 is 0 Å². The summed E-state index contributed by atoms with van der Waals surface area (Å²) in [6.07, 6.45) is 1.39. The van der Waals surface area contributed by atoms with Crippen LogP contribution < -0.4 is 4.74 Å². The molecule has 0 amide bonds. The van der Waals surface area contributed by atoms with Gasteiger partial charge in [0, 0.05) is 6.42 Å². The Labute approximate surface area is 86.0 Å². The van der Waals surface area contributed by atoms with Gasteiger partial charge in [-0.1, -0.05) is 12.1 Å². The zero-order valence-electron chi connectivity index (χ0n) is 7.42. The molecule has 2 nitrogen and oxygen atoms in total. The van der Waals surface area contributed by atoms with Crippen molar-refractivity contribution in [2.24, 2.45) is 0 Å². The van der Waals surface area contributed by atoms with Crippen molar-refractivity contribution in [1.29, 1.82) is 0 Å². The van der Waals surface area contributed by atoms with Crippen LogP contribution in [-0.2, 0) is 11.2 Å². The summed E-state index contributed by atoms with van der Waals surface area (Å²) in [5.41, 5.74) is 1.25. The summed E-state index contributed by atoms with van der Waals surface area (Å²) in [6.45, 7) is 0.893. The molecule has 0 N–H and O–H groups in total. The molecule has 1 saturated heterocycles. The summed E-state index contributed by atoms with van der Waals surface area (Å²) in [5.74, 6) is 0.887. The highest BCUT2D eigenvalue weighted by atomic mass is 79.9. The van der Waals surface area contributed by atoms with E-state index in [1.54, 1.807) is 7.11 Å². The highest BCUT2D eigenvalue weighted by Gasteiger charge is 2.23. The Bertz CT molecular complexity index is 308. The average molecular weight is 243 g/mol. The number of rotatable bonds is 3. The molecule has 1 fully saturated rings. The number of hydrogen-bond acceptors (Lipinski definition) is 2. The number of hydrogen-bond donors (Lipinski definition) is 0. The number of ether oxygens (including phenoxy) is 2. The van der Waals surface area contributed by atoms with Crippen molar-refractivity contribution in [2.75, 3.05) is 13.7 Å². The Kier molecular flexibility index (Phi) is 2.56. The van der Waals surface area contributed by atoms with Crippen molar-refractivity contribution in [3.63, 3.8) is 0 Å². The molecule has 13 heavy (non-hydrogen) atoms. The van der Waals surface area contributed by atoms with Gasteiger partial charge in [-0.15, -0.1) is 0 Å². The van der Waals surface area contributed by atoms with Crippen molar-refractivity contribution < 1.29 is 9.47 Å². The lowest BCUT2D eigenvalue weighted by Gasteiger charge is -2.07. The third kappa shape index (κ3) is 2.03. The molecule has 1 aromatic carbocycles. The highest BCUT2D eigenvalue weighted by Crippen LogP contribution is 2.30. The van der Waals surface area contributed by atoms with Crippen molar-refractivity contribution in [3.8, 4) is 5.75 Å². The summed E-state index contributed by atoms with van der Waals surface area (Å²) >= 11 is 3.52. The first-order valence-electron chi connectivity index (χ1n) is 4.24. The topological polar surface area (TPSA) is 21.8 Å². The van der Waals surface area contributed by atoms with Gasteiger partial charge in [-0.05, 0) is 27.6 Å². The first-order valence-corrected chi connectivity index (χ1v) is 5.03. The highest BCUT2D eigenvalue weighted by molar-refractivity contribution is 9.10. The summed E-state index contributed by atoms with van der Waals surface area (Å²) < 4.78 is 11.4. The molecule has 1 aliphatic heterocycles. The first-order chi connectivity index (χ1) is 6.31. The fourth-order valence-corrected chi connectivity index (χ4v) is 1.89. The van der Waals surface area contributed by atoms with E-state index in [0.29, 0.717) is 6.10 Å². The van der Waals surface area contributed by atoms with Crippen LogP contribution in [0.5, 0.6) is 5.75 Å². The summed E-state index contributed by atoms with van der Waals surface area (Å²) in [7, 11) is 1.68. The number of halogens is 1. The van der Waals surface area contributed by atoms with Crippen molar-refractivity contribution >= 4 is 15.9 Å². The summed E-state index contributed by atoms with van der Waals surface area (Å²) in [5, 5.41) is 0. The molecular weight excluding hydrogens is 232 g/mol. The standard InChI is InChI=1S/C10H11BrO2/c1-12-9-4-2-3-7(10(9)11)5-8-6-13-8/h2-4,8H,5-6H2,1H3. The van der Waals surface area contributed by atoms with Crippen LogP contribution in [0.25, 0.3) is 0 Å². The molecule has 0 saturated carbocycles. The molecule has 0 bridgehead atoms. The van der Waals surface area contributed by atoms with E-state index in [2.05, 4.69) is 22.0 Å². The Balaban J connectivity index is 2.22. The third-order valence-electron chi connectivity index (χ3n) is 2.11. The third-order valence-corrected chi connectivity index (χ3v) is 3.01. The maximum absolute atomic E-state index is 5.20. The van der Waals surface area contributed by atoms with E-state index in [1.165, 1.54) is 5.56 Å². The molecule has 0 aliphatic carbocycles. The van der Waals surface area contributed by atoms with Crippen LogP contribution in [0.4, 0.5) is 0 Å². The number of methoxy groups -OCH3 is 1. The first kappa shape index (κ1) is 9.03. The second-order valence-electron chi connectivity index (χ2n) is 3.09. The summed E-state index contributed by atoms with van der Waals surface area (Å²) in [4.78, 5) is 0. The van der Waals surface area contributed by atoms with E-state index in [4.69, 9.17) is 9.47 Å². The van der Waals surface area contributed by atoms with Gasteiger partial charge >= 0.3 is 0 Å². The van der Waals surface area contributed by atoms with Crippen LogP contribution in [0.1, 0.15) is 5.56 Å². The van der Waals surface area contributed by atoms with E-state index in [1.807, 2.05) is 12.1 Å². The fourth-order valence-electron chi connectivity index (χ4n) is 1.30. The molecule has 1 atom stereocenters. The number of epoxide rings is 1. The zero-order valence-corrected chi connectivity index (χ0v) is 9.00. The Morgan fingerprint density at radius 2 is 2.38 bits per heavy atom. The average Bonchev–Trinajstić information content (AvgIpc) is 2.92. The SMILES string of the molecule is COc1cccc(CC2CO2)c1Br. The van der Waals surface area contributed by atoms with Crippen molar-refractivity contribution in [2.45, 2.75) is 12.5 Å². The van der Waals surface area contributed by atoms with Crippen LogP contribution in [0, 0.1) is 0 Å². The normalized spacial score (nSPS) is 20.0. The minimum Gasteiger partial charge on any atom is -0.496 e. The van der Waals surface area contributed by atoms with E-state index in [-0.39, 0.29) is 0 Å². The van der Waals surface area contributed by atoms with Gasteiger partial charge < -0.3 is 9.47 Å². The van der Waals surface area contributed by atoms with Crippen LogP contribution >= 0.6 is 15.9 Å². The van der Waals surface area contributed by atoms with Crippen LogP contribution in [-0.4, -0.2) is 19.8 Å². The summed E-state index contributed by atoms with van der Waals surface area (Å²) in [6, 6.07) is 6.04.